The largest absolute Gasteiger partial charge is 0.496 e. The monoisotopic (exact) mass is 517 g/mol. The van der Waals surface area contributed by atoms with Crippen LogP contribution in [0.2, 0.25) is 0 Å². The minimum atomic E-state index is -3.76. The fourth-order valence-electron chi connectivity index (χ4n) is 4.68. The number of pyridine rings is 1. The average molecular weight is 518 g/mol. The Labute approximate surface area is 211 Å². The van der Waals surface area contributed by atoms with Crippen LogP contribution in [0.5, 0.6) is 5.75 Å². The van der Waals surface area contributed by atoms with E-state index in [-0.39, 0.29) is 10.5 Å². The minimum absolute atomic E-state index is 0.156. The number of likely N-dealkylation sites (N-methyl/N-ethyl adjacent to an activating group) is 1. The van der Waals surface area contributed by atoms with Crippen LogP contribution in [0.4, 0.5) is 0 Å². The second kappa shape index (κ2) is 11.1. The Kier molecular flexibility index (Phi) is 8.13. The Morgan fingerprint density at radius 1 is 1.19 bits per heavy atom. The van der Waals surface area contributed by atoms with Crippen molar-refractivity contribution in [2.45, 2.75) is 31.6 Å². The predicted molar refractivity (Wildman–Crippen MR) is 139 cm³/mol. The predicted octanol–water partition coefficient (Wildman–Crippen LogP) is 2.23. The summed E-state index contributed by atoms with van der Waals surface area (Å²) < 4.78 is 41.2. The van der Waals surface area contributed by atoms with Crippen LogP contribution in [-0.2, 0) is 28.2 Å². The number of sulfonamides is 1. The molecule has 0 saturated carbocycles. The number of rotatable bonds is 10. The number of hydrogen-bond acceptors (Lipinski definition) is 7. The summed E-state index contributed by atoms with van der Waals surface area (Å²) >= 11 is 0. The van der Waals surface area contributed by atoms with E-state index in [9.17, 15) is 13.2 Å². The number of aryl methyl sites for hydroxylation is 2. The molecule has 1 N–H and O–H groups in total. The van der Waals surface area contributed by atoms with Gasteiger partial charge in [0.25, 0.3) is 5.56 Å². The fraction of sp³-hybridized carbons (Fsp3) is 0.520. The van der Waals surface area contributed by atoms with Crippen LogP contribution in [0.3, 0.4) is 0 Å². The smallest absolute Gasteiger partial charge is 0.274 e. The van der Waals surface area contributed by atoms with Gasteiger partial charge in [-0.25, -0.2) is 8.42 Å². The van der Waals surface area contributed by atoms with E-state index in [1.165, 1.54) is 11.4 Å². The molecule has 4 rings (SSSR count). The van der Waals surface area contributed by atoms with E-state index < -0.39 is 10.0 Å². The molecule has 0 bridgehead atoms. The highest BCUT2D eigenvalue weighted by Crippen LogP contribution is 2.33. The number of hydrogen-bond donors (Lipinski definition) is 1. The molecule has 36 heavy (non-hydrogen) atoms. The molecule has 0 radical (unpaired) electrons. The van der Waals surface area contributed by atoms with E-state index >= 15 is 0 Å². The van der Waals surface area contributed by atoms with E-state index in [1.54, 1.807) is 29.9 Å². The molecule has 11 heteroatoms. The molecule has 10 nitrogen and oxygen atoms in total. The van der Waals surface area contributed by atoms with E-state index in [2.05, 4.69) is 21.9 Å². The third-order valence-electron chi connectivity index (χ3n) is 6.62. The maximum Gasteiger partial charge on any atom is 0.274 e. The van der Waals surface area contributed by atoms with Crippen LogP contribution < -0.4 is 10.3 Å². The lowest BCUT2D eigenvalue weighted by molar-refractivity contribution is 0.0364. The molecule has 1 saturated heterocycles. The first-order chi connectivity index (χ1) is 17.3. The number of ether oxygens (including phenoxy) is 2. The minimum Gasteiger partial charge on any atom is -0.496 e. The topological polar surface area (TPSA) is 110 Å². The van der Waals surface area contributed by atoms with Gasteiger partial charge in [0.05, 0.1) is 36.6 Å². The number of fused-ring (bicyclic) bond motifs is 1. The van der Waals surface area contributed by atoms with Gasteiger partial charge in [-0.05, 0) is 30.7 Å². The number of aromatic nitrogens is 3. The number of morpholine rings is 1. The van der Waals surface area contributed by atoms with Crippen molar-refractivity contribution in [3.05, 3.63) is 40.3 Å². The molecular weight excluding hydrogens is 482 g/mol. The first kappa shape index (κ1) is 26.3. The number of H-pyrrole nitrogens is 1. The molecule has 0 unspecified atom stereocenters. The molecule has 0 spiro atoms. The number of nitrogens with one attached hydrogen (secondary N) is 1. The Morgan fingerprint density at radius 2 is 1.94 bits per heavy atom. The summed E-state index contributed by atoms with van der Waals surface area (Å²) in [5.41, 5.74) is 2.04. The van der Waals surface area contributed by atoms with Gasteiger partial charge in [0.1, 0.15) is 11.3 Å². The average Bonchev–Trinajstić information content (AvgIpc) is 3.20. The molecule has 196 valence electrons. The highest BCUT2D eigenvalue weighted by Gasteiger charge is 2.26. The van der Waals surface area contributed by atoms with Gasteiger partial charge in [0, 0.05) is 50.7 Å². The van der Waals surface area contributed by atoms with Gasteiger partial charge < -0.3 is 14.5 Å². The lowest BCUT2D eigenvalue weighted by Crippen LogP contribution is -2.43. The molecular formula is C25H35N5O5S. The second-order valence-electron chi connectivity index (χ2n) is 8.91. The second-order valence-corrected chi connectivity index (χ2v) is 10.8. The van der Waals surface area contributed by atoms with Crippen molar-refractivity contribution in [2.75, 3.05) is 53.0 Å². The van der Waals surface area contributed by atoms with Gasteiger partial charge in [-0.15, -0.1) is 0 Å². The van der Waals surface area contributed by atoms with Gasteiger partial charge in [0.2, 0.25) is 10.0 Å². The molecule has 1 aliphatic heterocycles. The SMILES string of the molecule is CCCc1nn(C)c2c(=O)[nH]c(-c3cc(S(=O)(=O)N(CC)CCN4CCOCC4)ccc3OC)cc12. The van der Waals surface area contributed by atoms with Crippen molar-refractivity contribution < 1.29 is 17.9 Å². The Balaban J connectivity index is 1.72. The summed E-state index contributed by atoms with van der Waals surface area (Å²) in [6, 6.07) is 6.63. The summed E-state index contributed by atoms with van der Waals surface area (Å²) in [7, 11) is -0.486. The molecule has 1 aliphatic rings. The number of benzene rings is 1. The highest BCUT2D eigenvalue weighted by molar-refractivity contribution is 7.89. The standard InChI is InChI=1S/C25H35N5O5S/c1-5-7-21-20-17-22(26-25(31)24(20)28(3)27-21)19-16-18(8-9-23(19)34-4)36(32,33)30(6-2)11-10-29-12-14-35-15-13-29/h8-9,16-17H,5-7,10-15H2,1-4H3,(H,26,31). The van der Waals surface area contributed by atoms with Crippen molar-refractivity contribution in [1.82, 2.24) is 24.0 Å². The summed E-state index contributed by atoms with van der Waals surface area (Å²) in [4.78, 5) is 18.3. The lowest BCUT2D eigenvalue weighted by atomic mass is 10.1. The molecule has 1 fully saturated rings. The summed E-state index contributed by atoms with van der Waals surface area (Å²) in [5.74, 6) is 0.473. The van der Waals surface area contributed by atoms with Gasteiger partial charge in [-0.1, -0.05) is 20.3 Å². The van der Waals surface area contributed by atoms with Crippen LogP contribution in [0.25, 0.3) is 22.2 Å². The van der Waals surface area contributed by atoms with E-state index in [0.717, 1.165) is 37.0 Å². The zero-order valence-corrected chi connectivity index (χ0v) is 22.2. The summed E-state index contributed by atoms with van der Waals surface area (Å²) in [6.45, 7) is 8.22. The Morgan fingerprint density at radius 3 is 2.61 bits per heavy atom. The molecule has 0 aliphatic carbocycles. The van der Waals surface area contributed by atoms with Crippen LogP contribution >= 0.6 is 0 Å². The zero-order chi connectivity index (χ0) is 25.9. The molecule has 0 amide bonds. The van der Waals surface area contributed by atoms with Gasteiger partial charge >= 0.3 is 0 Å². The maximum atomic E-state index is 13.6. The summed E-state index contributed by atoms with van der Waals surface area (Å²) in [5, 5.41) is 5.28. The number of nitrogens with zero attached hydrogens (tertiary/aromatic N) is 4. The third kappa shape index (κ3) is 5.19. The van der Waals surface area contributed by atoms with Crippen molar-refractivity contribution in [2.24, 2.45) is 7.05 Å². The fourth-order valence-corrected chi connectivity index (χ4v) is 6.15. The van der Waals surface area contributed by atoms with E-state index in [0.29, 0.717) is 55.4 Å². The third-order valence-corrected chi connectivity index (χ3v) is 8.59. The van der Waals surface area contributed by atoms with Crippen LogP contribution in [0.15, 0.2) is 34.0 Å². The number of methoxy groups -OCH3 is 1. The van der Waals surface area contributed by atoms with Gasteiger partial charge in [0.15, 0.2) is 0 Å². The number of aromatic amines is 1. The maximum absolute atomic E-state index is 13.6. The first-order valence-electron chi connectivity index (χ1n) is 12.4. The van der Waals surface area contributed by atoms with Crippen LogP contribution in [0.1, 0.15) is 26.0 Å². The van der Waals surface area contributed by atoms with Crippen molar-refractivity contribution >= 4 is 20.9 Å². The van der Waals surface area contributed by atoms with Crippen LogP contribution in [0, 0.1) is 0 Å². The lowest BCUT2D eigenvalue weighted by Gasteiger charge is -2.29. The highest BCUT2D eigenvalue weighted by atomic mass is 32.2. The van der Waals surface area contributed by atoms with Gasteiger partial charge in [-0.2, -0.15) is 9.40 Å². The van der Waals surface area contributed by atoms with Gasteiger partial charge in [-0.3, -0.25) is 14.4 Å². The first-order valence-corrected chi connectivity index (χ1v) is 13.8. The molecule has 3 aromatic rings. The van der Waals surface area contributed by atoms with E-state index in [4.69, 9.17) is 9.47 Å². The van der Waals surface area contributed by atoms with Crippen molar-refractivity contribution in [3.63, 3.8) is 0 Å². The quantitative estimate of drug-likeness (QED) is 0.439. The van der Waals surface area contributed by atoms with E-state index in [1.807, 2.05) is 13.0 Å². The molecule has 2 aromatic heterocycles. The van der Waals surface area contributed by atoms with Crippen LogP contribution in [-0.4, -0.2) is 85.4 Å². The Hall–Kier alpha value is -2.73. The van der Waals surface area contributed by atoms with Crippen molar-refractivity contribution in [3.8, 4) is 17.0 Å². The van der Waals surface area contributed by atoms with Crippen molar-refractivity contribution in [1.29, 1.82) is 0 Å². The molecule has 1 aromatic carbocycles. The zero-order valence-electron chi connectivity index (χ0n) is 21.4. The molecule has 3 heterocycles. The molecule has 0 atom stereocenters. The summed E-state index contributed by atoms with van der Waals surface area (Å²) in [6.07, 6.45) is 1.63. The normalized spacial score (nSPS) is 15.1. The Bertz CT molecular complexity index is 1380.